The lowest BCUT2D eigenvalue weighted by molar-refractivity contribution is 0.0697. The maximum atomic E-state index is 11.3. The van der Waals surface area contributed by atoms with Gasteiger partial charge in [0.2, 0.25) is 0 Å². The molecule has 1 aliphatic carbocycles. The average molecular weight is 248 g/mol. The number of nitrogens with two attached hydrogens (primary N) is 1. The van der Waals surface area contributed by atoms with Crippen LogP contribution in [-0.2, 0) is 0 Å². The fourth-order valence-corrected chi connectivity index (χ4v) is 2.20. The van der Waals surface area contributed by atoms with E-state index in [1.807, 2.05) is 6.07 Å². The Morgan fingerprint density at radius 3 is 2.67 bits per heavy atom. The summed E-state index contributed by atoms with van der Waals surface area (Å²) in [6, 6.07) is 5.65. The van der Waals surface area contributed by atoms with Crippen LogP contribution in [0.25, 0.3) is 0 Å². The van der Waals surface area contributed by atoms with Crippen molar-refractivity contribution in [2.24, 2.45) is 5.92 Å². The Balaban J connectivity index is 2.37. The topological polar surface area (TPSA) is 66.6 Å². The van der Waals surface area contributed by atoms with Gasteiger partial charge in [0.05, 0.1) is 11.3 Å². The summed E-state index contributed by atoms with van der Waals surface area (Å²) < 4.78 is 0. The Kier molecular flexibility index (Phi) is 3.45. The van der Waals surface area contributed by atoms with Crippen molar-refractivity contribution in [1.29, 1.82) is 0 Å². The molecule has 0 aliphatic heterocycles. The van der Waals surface area contributed by atoms with Crippen molar-refractivity contribution < 1.29 is 9.90 Å². The van der Waals surface area contributed by atoms with E-state index < -0.39 is 5.97 Å². The van der Waals surface area contributed by atoms with E-state index in [-0.39, 0.29) is 0 Å². The highest BCUT2D eigenvalue weighted by molar-refractivity contribution is 5.95. The number of aromatic carboxylic acids is 1. The van der Waals surface area contributed by atoms with E-state index in [0.29, 0.717) is 23.2 Å². The monoisotopic (exact) mass is 248 g/mol. The van der Waals surface area contributed by atoms with Gasteiger partial charge in [0.1, 0.15) is 0 Å². The Labute approximate surface area is 107 Å². The molecule has 4 nitrogen and oxygen atoms in total. The largest absolute Gasteiger partial charge is 0.478 e. The highest BCUT2D eigenvalue weighted by Crippen LogP contribution is 2.35. The molecule has 1 aromatic rings. The average Bonchev–Trinajstić information content (AvgIpc) is 3.09. The quantitative estimate of drug-likeness (QED) is 0.786. The molecule has 0 atom stereocenters. The molecule has 0 spiro atoms. The number of anilines is 2. The molecule has 0 bridgehead atoms. The number of carbonyl (C=O) groups is 1. The zero-order valence-electron chi connectivity index (χ0n) is 10.9. The van der Waals surface area contributed by atoms with Crippen molar-refractivity contribution >= 4 is 17.3 Å². The van der Waals surface area contributed by atoms with Gasteiger partial charge in [0, 0.05) is 18.3 Å². The fourth-order valence-electron chi connectivity index (χ4n) is 2.20. The molecule has 18 heavy (non-hydrogen) atoms. The lowest BCUT2D eigenvalue weighted by atomic mass is 10.1. The van der Waals surface area contributed by atoms with Crippen LogP contribution in [0.3, 0.4) is 0 Å². The molecule has 1 aliphatic rings. The van der Waals surface area contributed by atoms with Crippen molar-refractivity contribution in [3.8, 4) is 0 Å². The number of rotatable bonds is 5. The van der Waals surface area contributed by atoms with E-state index >= 15 is 0 Å². The van der Waals surface area contributed by atoms with Crippen LogP contribution < -0.4 is 10.6 Å². The molecule has 1 aromatic carbocycles. The maximum Gasteiger partial charge on any atom is 0.337 e. The van der Waals surface area contributed by atoms with E-state index in [1.165, 1.54) is 0 Å². The van der Waals surface area contributed by atoms with Crippen molar-refractivity contribution in [3.05, 3.63) is 23.8 Å². The summed E-state index contributed by atoms with van der Waals surface area (Å²) in [7, 11) is 0. The first kappa shape index (κ1) is 12.7. The molecular weight excluding hydrogens is 228 g/mol. The lowest BCUT2D eigenvalue weighted by Gasteiger charge is -2.28. The van der Waals surface area contributed by atoms with Gasteiger partial charge in [-0.05, 0) is 37.0 Å². The van der Waals surface area contributed by atoms with Crippen LogP contribution in [0.2, 0.25) is 0 Å². The molecule has 3 N–H and O–H groups in total. The van der Waals surface area contributed by atoms with Gasteiger partial charge in [-0.15, -0.1) is 0 Å². The maximum absolute atomic E-state index is 11.3. The molecule has 0 aromatic heterocycles. The molecule has 4 heteroatoms. The first-order valence-electron chi connectivity index (χ1n) is 6.38. The zero-order chi connectivity index (χ0) is 13.3. The predicted molar refractivity (Wildman–Crippen MR) is 73.0 cm³/mol. The molecule has 1 saturated carbocycles. The summed E-state index contributed by atoms with van der Waals surface area (Å²) in [6.07, 6.45) is 2.30. The molecular formula is C14H20N2O2. The Bertz CT molecular complexity index is 453. The third-order valence-electron chi connectivity index (χ3n) is 3.11. The summed E-state index contributed by atoms with van der Waals surface area (Å²) in [6.45, 7) is 5.18. The first-order valence-corrected chi connectivity index (χ1v) is 6.38. The third-order valence-corrected chi connectivity index (χ3v) is 3.11. The normalized spacial score (nSPS) is 14.8. The number of hydrogen-bond donors (Lipinski definition) is 2. The number of nitrogen functional groups attached to an aromatic ring is 1. The number of carboxylic acids is 1. The van der Waals surface area contributed by atoms with Crippen molar-refractivity contribution in [2.75, 3.05) is 17.2 Å². The number of hydrogen-bond acceptors (Lipinski definition) is 3. The predicted octanol–water partition coefficient (Wildman–Crippen LogP) is 2.59. The Morgan fingerprint density at radius 1 is 1.50 bits per heavy atom. The second-order valence-corrected chi connectivity index (χ2v) is 5.36. The van der Waals surface area contributed by atoms with E-state index in [9.17, 15) is 9.90 Å². The van der Waals surface area contributed by atoms with Gasteiger partial charge >= 0.3 is 5.97 Å². The molecule has 0 radical (unpaired) electrons. The van der Waals surface area contributed by atoms with Gasteiger partial charge in [-0.3, -0.25) is 0 Å². The van der Waals surface area contributed by atoms with E-state index in [0.717, 1.165) is 25.1 Å². The minimum atomic E-state index is -0.910. The molecule has 0 heterocycles. The van der Waals surface area contributed by atoms with Crippen molar-refractivity contribution in [2.45, 2.75) is 32.7 Å². The van der Waals surface area contributed by atoms with Gasteiger partial charge < -0.3 is 15.7 Å². The van der Waals surface area contributed by atoms with Gasteiger partial charge in [0.25, 0.3) is 0 Å². The van der Waals surface area contributed by atoms with Gasteiger partial charge in [0.15, 0.2) is 0 Å². The van der Waals surface area contributed by atoms with Crippen LogP contribution in [-0.4, -0.2) is 23.7 Å². The van der Waals surface area contributed by atoms with Gasteiger partial charge in [-0.1, -0.05) is 13.8 Å². The summed E-state index contributed by atoms with van der Waals surface area (Å²) in [5, 5.41) is 9.29. The highest BCUT2D eigenvalue weighted by atomic mass is 16.4. The molecule has 0 saturated heterocycles. The number of benzene rings is 1. The van der Waals surface area contributed by atoms with E-state index in [1.54, 1.807) is 12.1 Å². The van der Waals surface area contributed by atoms with Crippen LogP contribution in [0.4, 0.5) is 11.4 Å². The molecule has 98 valence electrons. The Hall–Kier alpha value is -1.71. The van der Waals surface area contributed by atoms with Gasteiger partial charge in [-0.25, -0.2) is 4.79 Å². The van der Waals surface area contributed by atoms with Crippen LogP contribution in [0.15, 0.2) is 18.2 Å². The summed E-state index contributed by atoms with van der Waals surface area (Å²) in [4.78, 5) is 13.5. The summed E-state index contributed by atoms with van der Waals surface area (Å²) >= 11 is 0. The lowest BCUT2D eigenvalue weighted by Crippen LogP contribution is -2.31. The van der Waals surface area contributed by atoms with Gasteiger partial charge in [-0.2, -0.15) is 0 Å². The zero-order valence-corrected chi connectivity index (χ0v) is 10.9. The first-order chi connectivity index (χ1) is 8.49. The van der Waals surface area contributed by atoms with Crippen LogP contribution >= 0.6 is 0 Å². The molecule has 0 unspecified atom stereocenters. The van der Waals surface area contributed by atoms with Crippen molar-refractivity contribution in [1.82, 2.24) is 0 Å². The molecule has 1 fully saturated rings. The van der Waals surface area contributed by atoms with Crippen molar-refractivity contribution in [3.63, 3.8) is 0 Å². The second kappa shape index (κ2) is 4.88. The van der Waals surface area contributed by atoms with E-state index in [4.69, 9.17) is 5.73 Å². The minimum absolute atomic E-state index is 0.308. The van der Waals surface area contributed by atoms with Crippen LogP contribution in [0, 0.1) is 5.92 Å². The minimum Gasteiger partial charge on any atom is -0.478 e. The summed E-state index contributed by atoms with van der Waals surface area (Å²) in [5.74, 6) is -0.406. The van der Waals surface area contributed by atoms with Crippen LogP contribution in [0.5, 0.6) is 0 Å². The number of nitrogens with zero attached hydrogens (tertiary/aromatic N) is 1. The van der Waals surface area contributed by atoms with Crippen LogP contribution in [0.1, 0.15) is 37.0 Å². The second-order valence-electron chi connectivity index (χ2n) is 5.36. The third kappa shape index (κ3) is 2.75. The molecule has 2 rings (SSSR count). The molecule has 0 amide bonds. The SMILES string of the molecule is CC(C)CN(c1ccc(N)cc1C(=O)O)C1CC1. The highest BCUT2D eigenvalue weighted by Gasteiger charge is 2.31. The fraction of sp³-hybridized carbons (Fsp3) is 0.500. The summed E-state index contributed by atoms with van der Waals surface area (Å²) in [5.41, 5.74) is 7.28. The van der Waals surface area contributed by atoms with E-state index in [2.05, 4.69) is 18.7 Å². The number of carboxylic acid groups (broad SMARTS) is 1. The smallest absolute Gasteiger partial charge is 0.337 e. The standard InChI is InChI=1S/C14H20N2O2/c1-9(2)8-16(11-4-5-11)13-6-3-10(15)7-12(13)14(17)18/h3,6-7,9,11H,4-5,8,15H2,1-2H3,(H,17,18). The Morgan fingerprint density at radius 2 is 2.17 bits per heavy atom.